The molecule has 3 nitrogen and oxygen atoms in total. The number of fused-ring (bicyclic) bond motifs is 1. The number of nitrogens with zero attached hydrogens (tertiary/aromatic N) is 3. The number of hydrogen-bond donors (Lipinski definition) is 0. The molecule has 0 amide bonds. The van der Waals surface area contributed by atoms with Gasteiger partial charge in [0, 0.05) is 75.9 Å². The number of hydrogen-bond acceptors (Lipinski definition) is 2. The maximum absolute atomic E-state index is 4.65. The minimum absolute atomic E-state index is 0. The van der Waals surface area contributed by atoms with Crippen LogP contribution in [-0.2, 0) is 19.3 Å². The molecule has 0 atom stereocenters. The van der Waals surface area contributed by atoms with Gasteiger partial charge in [-0.2, -0.15) is 11.9 Å². The third-order valence-corrected chi connectivity index (χ3v) is 5.62. The van der Waals surface area contributed by atoms with Crippen molar-refractivity contribution in [3.8, 4) is 0 Å². The van der Waals surface area contributed by atoms with Crippen molar-refractivity contribution in [1.29, 1.82) is 0 Å². The first-order valence-corrected chi connectivity index (χ1v) is 9.55. The maximum Gasteiger partial charge on any atom is 0.0367 e. The van der Waals surface area contributed by atoms with Gasteiger partial charge in [0.1, 0.15) is 0 Å². The Morgan fingerprint density at radius 2 is 1.68 bits per heavy atom. The largest absolute Gasteiger partial charge is 0.667 e. The number of para-hydroxylation sites is 1. The molecular formula is C21H28AcN3-. The van der Waals surface area contributed by atoms with Crippen molar-refractivity contribution in [2.45, 2.75) is 38.5 Å². The van der Waals surface area contributed by atoms with Crippen molar-refractivity contribution in [2.75, 3.05) is 37.6 Å². The van der Waals surface area contributed by atoms with E-state index in [1.54, 1.807) is 5.56 Å². The van der Waals surface area contributed by atoms with Gasteiger partial charge in [-0.15, -0.1) is 0 Å². The normalized spacial score (nSPS) is 17.8. The summed E-state index contributed by atoms with van der Waals surface area (Å²) < 4.78 is 0. The van der Waals surface area contributed by atoms with E-state index >= 15 is 0 Å². The second-order valence-electron chi connectivity index (χ2n) is 7.18. The Morgan fingerprint density at radius 3 is 2.48 bits per heavy atom. The van der Waals surface area contributed by atoms with Gasteiger partial charge in [-0.05, 0) is 50.8 Å². The summed E-state index contributed by atoms with van der Waals surface area (Å²) in [5.74, 6) is 0. The SMILES string of the molecule is [Ac].c1ccc(N2CCN(CCCc3c[n-]c4c3CCCC4)CC2)cc1. The van der Waals surface area contributed by atoms with Gasteiger partial charge in [0.05, 0.1) is 0 Å². The molecule has 4 heteroatoms. The molecule has 1 saturated heterocycles. The first-order valence-electron chi connectivity index (χ1n) is 9.55. The fourth-order valence-corrected chi connectivity index (χ4v) is 4.19. The van der Waals surface area contributed by atoms with Crippen molar-refractivity contribution in [1.82, 2.24) is 9.88 Å². The summed E-state index contributed by atoms with van der Waals surface area (Å²) in [6.07, 6.45) is 9.79. The fourth-order valence-electron chi connectivity index (χ4n) is 4.19. The minimum atomic E-state index is 0. The zero-order chi connectivity index (χ0) is 16.2. The molecule has 1 aromatic heterocycles. The molecule has 0 N–H and O–H groups in total. The van der Waals surface area contributed by atoms with Crippen LogP contribution in [-0.4, -0.2) is 37.6 Å². The molecule has 4 rings (SSSR count). The average Bonchev–Trinajstić information content (AvgIpc) is 3.06. The molecule has 0 saturated carbocycles. The van der Waals surface area contributed by atoms with Gasteiger partial charge in [0.25, 0.3) is 0 Å². The summed E-state index contributed by atoms with van der Waals surface area (Å²) >= 11 is 0. The van der Waals surface area contributed by atoms with Crippen LogP contribution in [0.1, 0.15) is 36.1 Å². The summed E-state index contributed by atoms with van der Waals surface area (Å²) in [6.45, 7) is 5.90. The van der Waals surface area contributed by atoms with Gasteiger partial charge in [-0.3, -0.25) is 4.90 Å². The zero-order valence-electron chi connectivity index (χ0n) is 15.2. The van der Waals surface area contributed by atoms with Gasteiger partial charge in [0.2, 0.25) is 0 Å². The topological polar surface area (TPSA) is 20.6 Å². The van der Waals surface area contributed by atoms with Crippen LogP contribution in [0.2, 0.25) is 0 Å². The fraction of sp³-hybridized carbons (Fsp3) is 0.524. The first kappa shape index (κ1) is 19.5. The zero-order valence-corrected chi connectivity index (χ0v) is 19.9. The molecular weight excluding hydrogens is 521 g/mol. The number of anilines is 1. The van der Waals surface area contributed by atoms with Crippen LogP contribution in [0.4, 0.5) is 5.69 Å². The predicted octanol–water partition coefficient (Wildman–Crippen LogP) is 3.28. The van der Waals surface area contributed by atoms with Crippen LogP contribution in [0.15, 0.2) is 36.5 Å². The molecule has 1 aliphatic heterocycles. The van der Waals surface area contributed by atoms with Gasteiger partial charge < -0.3 is 9.88 Å². The molecule has 0 spiro atoms. The standard InChI is InChI=1S/C21H28N3.Ac/c1-2-8-19(9-3-1)24-15-13-23(14-16-24)12-6-7-18-17-22-21-11-5-4-10-20(18)21;/h1-3,8-9,17H,4-7,10-16H2;/q-1;. The monoisotopic (exact) mass is 549 g/mol. The summed E-state index contributed by atoms with van der Waals surface area (Å²) in [7, 11) is 0. The Morgan fingerprint density at radius 1 is 0.920 bits per heavy atom. The molecule has 1 radical (unpaired) electrons. The Kier molecular flexibility index (Phi) is 7.46. The summed E-state index contributed by atoms with van der Waals surface area (Å²) in [4.78, 5) is 9.78. The van der Waals surface area contributed by atoms with Crippen molar-refractivity contribution < 1.29 is 44.1 Å². The Balaban J connectivity index is 0.00000182. The molecule has 25 heavy (non-hydrogen) atoms. The quantitative estimate of drug-likeness (QED) is 0.572. The van der Waals surface area contributed by atoms with E-state index in [0.717, 1.165) is 13.1 Å². The van der Waals surface area contributed by atoms with Crippen molar-refractivity contribution >= 4 is 5.69 Å². The summed E-state index contributed by atoms with van der Waals surface area (Å²) in [5.41, 5.74) is 5.89. The Hall–Kier alpha value is -0.298. The maximum atomic E-state index is 4.65. The molecule has 1 aromatic carbocycles. The Bertz CT molecular complexity index is 644. The Labute approximate surface area is 187 Å². The first-order chi connectivity index (χ1) is 11.9. The summed E-state index contributed by atoms with van der Waals surface area (Å²) in [5, 5.41) is 0. The molecule has 0 unspecified atom stereocenters. The van der Waals surface area contributed by atoms with Crippen LogP contribution in [0, 0.1) is 44.1 Å². The van der Waals surface area contributed by atoms with E-state index in [0.29, 0.717) is 0 Å². The molecule has 2 heterocycles. The van der Waals surface area contributed by atoms with E-state index in [1.165, 1.54) is 75.1 Å². The molecule has 2 aromatic rings. The van der Waals surface area contributed by atoms with Crippen molar-refractivity contribution in [3.05, 3.63) is 53.3 Å². The van der Waals surface area contributed by atoms with Crippen LogP contribution < -0.4 is 9.88 Å². The second kappa shape index (κ2) is 9.58. The molecule has 131 valence electrons. The van der Waals surface area contributed by atoms with Crippen LogP contribution in [0.5, 0.6) is 0 Å². The van der Waals surface area contributed by atoms with E-state index in [1.807, 2.05) is 0 Å². The number of benzene rings is 1. The third-order valence-electron chi connectivity index (χ3n) is 5.62. The van der Waals surface area contributed by atoms with E-state index in [4.69, 9.17) is 0 Å². The molecule has 1 fully saturated rings. The second-order valence-corrected chi connectivity index (χ2v) is 7.18. The van der Waals surface area contributed by atoms with Crippen LogP contribution >= 0.6 is 0 Å². The van der Waals surface area contributed by atoms with E-state index in [9.17, 15) is 0 Å². The van der Waals surface area contributed by atoms with E-state index in [2.05, 4.69) is 51.3 Å². The summed E-state index contributed by atoms with van der Waals surface area (Å²) in [6, 6.07) is 10.8. The molecule has 1 aliphatic carbocycles. The van der Waals surface area contributed by atoms with Gasteiger partial charge >= 0.3 is 0 Å². The average molecular weight is 549 g/mol. The van der Waals surface area contributed by atoms with E-state index < -0.39 is 0 Å². The van der Waals surface area contributed by atoms with Gasteiger partial charge in [-0.1, -0.05) is 35.7 Å². The van der Waals surface area contributed by atoms with Crippen LogP contribution in [0.3, 0.4) is 0 Å². The van der Waals surface area contributed by atoms with Gasteiger partial charge in [0.15, 0.2) is 0 Å². The molecule has 2 aliphatic rings. The third kappa shape index (κ3) is 4.91. The number of aryl methyl sites for hydroxylation is 2. The van der Waals surface area contributed by atoms with Gasteiger partial charge in [-0.25, -0.2) is 0 Å². The predicted molar refractivity (Wildman–Crippen MR) is 99.8 cm³/mol. The minimum Gasteiger partial charge on any atom is -0.667 e. The van der Waals surface area contributed by atoms with Crippen LogP contribution in [0.25, 0.3) is 0 Å². The smallest absolute Gasteiger partial charge is 0.0367 e. The van der Waals surface area contributed by atoms with Crippen molar-refractivity contribution in [3.63, 3.8) is 0 Å². The number of aromatic nitrogens is 1. The van der Waals surface area contributed by atoms with E-state index in [-0.39, 0.29) is 44.1 Å². The number of piperazine rings is 1. The van der Waals surface area contributed by atoms with Crippen molar-refractivity contribution in [2.24, 2.45) is 0 Å². The number of rotatable bonds is 5. The molecule has 0 bridgehead atoms.